The van der Waals surface area contributed by atoms with E-state index in [9.17, 15) is 0 Å². The summed E-state index contributed by atoms with van der Waals surface area (Å²) in [6, 6.07) is 10.2. The van der Waals surface area contributed by atoms with Gasteiger partial charge in [0.2, 0.25) is 0 Å². The molecule has 3 rings (SSSR count). The predicted octanol–water partition coefficient (Wildman–Crippen LogP) is 3.05. The Morgan fingerprint density at radius 3 is 2.19 bits per heavy atom. The van der Waals surface area contributed by atoms with Crippen LogP contribution in [0.1, 0.15) is 20.3 Å². The molecule has 0 radical (unpaired) electrons. The lowest BCUT2D eigenvalue weighted by atomic mass is 9.66. The third-order valence-electron chi connectivity index (χ3n) is 4.61. The van der Waals surface area contributed by atoms with Crippen molar-refractivity contribution in [2.24, 2.45) is 10.8 Å². The Labute approximate surface area is 133 Å². The van der Waals surface area contributed by atoms with Crippen molar-refractivity contribution in [2.45, 2.75) is 20.3 Å². The average Bonchev–Trinajstić information content (AvgIpc) is 2.36. The zero-order valence-corrected chi connectivity index (χ0v) is 14.0. The summed E-state index contributed by atoms with van der Waals surface area (Å²) < 4.78 is 0. The molecular formula is C17H25N3S. The maximum absolute atomic E-state index is 5.66. The Kier molecular flexibility index (Phi) is 3.70. The number of hydrogen-bond donors (Lipinski definition) is 1. The molecule has 114 valence electrons. The van der Waals surface area contributed by atoms with Crippen molar-refractivity contribution < 1.29 is 0 Å². The van der Waals surface area contributed by atoms with E-state index in [4.69, 9.17) is 12.2 Å². The van der Waals surface area contributed by atoms with Crippen LogP contribution in [0.15, 0.2) is 30.3 Å². The Morgan fingerprint density at radius 1 is 1.05 bits per heavy atom. The third-order valence-corrected chi connectivity index (χ3v) is 4.97. The summed E-state index contributed by atoms with van der Waals surface area (Å²) in [5.74, 6) is 0. The fourth-order valence-corrected chi connectivity index (χ4v) is 4.81. The minimum Gasteiger partial charge on any atom is -0.348 e. The first-order valence-corrected chi connectivity index (χ1v) is 8.08. The fourth-order valence-electron chi connectivity index (χ4n) is 4.56. The van der Waals surface area contributed by atoms with E-state index in [2.05, 4.69) is 48.1 Å². The van der Waals surface area contributed by atoms with Gasteiger partial charge in [-0.3, -0.25) is 0 Å². The van der Waals surface area contributed by atoms with Gasteiger partial charge in [0.15, 0.2) is 5.11 Å². The maximum Gasteiger partial charge on any atom is 0.173 e. The van der Waals surface area contributed by atoms with Crippen molar-refractivity contribution >= 4 is 23.0 Å². The summed E-state index contributed by atoms with van der Waals surface area (Å²) in [5.41, 5.74) is 1.75. The molecule has 2 saturated heterocycles. The summed E-state index contributed by atoms with van der Waals surface area (Å²) in [7, 11) is 2.24. The van der Waals surface area contributed by atoms with Gasteiger partial charge in [0.25, 0.3) is 0 Å². The number of hydrogen-bond acceptors (Lipinski definition) is 2. The second-order valence-corrected chi connectivity index (χ2v) is 8.01. The fraction of sp³-hybridized carbons (Fsp3) is 0.588. The maximum atomic E-state index is 5.66. The normalized spacial score (nSPS) is 32.8. The van der Waals surface area contributed by atoms with Crippen LogP contribution in [-0.2, 0) is 0 Å². The Balaban J connectivity index is 1.73. The van der Waals surface area contributed by atoms with Crippen LogP contribution in [0, 0.1) is 10.8 Å². The van der Waals surface area contributed by atoms with Gasteiger partial charge in [-0.1, -0.05) is 32.0 Å². The number of likely N-dealkylation sites (tertiary alicyclic amines) is 2. The summed E-state index contributed by atoms with van der Waals surface area (Å²) in [4.78, 5) is 4.85. The van der Waals surface area contributed by atoms with Gasteiger partial charge < -0.3 is 15.1 Å². The van der Waals surface area contributed by atoms with Crippen LogP contribution in [0.5, 0.6) is 0 Å². The van der Waals surface area contributed by atoms with E-state index in [0.717, 1.165) is 37.0 Å². The molecular weight excluding hydrogens is 278 g/mol. The first kappa shape index (κ1) is 14.8. The van der Waals surface area contributed by atoms with E-state index in [-0.39, 0.29) is 0 Å². The SMILES string of the molecule is CN1C[C@]2(C)CN(C(=S)Nc3ccccc3)C[C@@](C)(C1)C2. The van der Waals surface area contributed by atoms with Crippen LogP contribution in [-0.4, -0.2) is 48.1 Å². The Bertz CT molecular complexity index is 512. The molecule has 2 heterocycles. The molecule has 3 nitrogen and oxygen atoms in total. The second kappa shape index (κ2) is 5.25. The van der Waals surface area contributed by atoms with E-state index in [1.807, 2.05) is 18.2 Å². The smallest absolute Gasteiger partial charge is 0.173 e. The number of anilines is 1. The number of piperidine rings is 2. The molecule has 2 fully saturated rings. The first-order valence-electron chi connectivity index (χ1n) is 7.67. The molecule has 21 heavy (non-hydrogen) atoms. The van der Waals surface area contributed by atoms with Crippen LogP contribution in [0.3, 0.4) is 0 Å². The van der Waals surface area contributed by atoms with Crippen LogP contribution < -0.4 is 5.32 Å². The van der Waals surface area contributed by atoms with Gasteiger partial charge in [-0.2, -0.15) is 0 Å². The molecule has 0 unspecified atom stereocenters. The molecule has 2 aliphatic heterocycles. The molecule has 0 amide bonds. The number of nitrogens with one attached hydrogen (secondary N) is 1. The summed E-state index contributed by atoms with van der Waals surface area (Å²) in [5, 5.41) is 4.25. The predicted molar refractivity (Wildman–Crippen MR) is 92.6 cm³/mol. The van der Waals surface area contributed by atoms with Gasteiger partial charge in [0.1, 0.15) is 0 Å². The molecule has 4 heteroatoms. The number of fused-ring (bicyclic) bond motifs is 2. The van der Waals surface area contributed by atoms with Gasteiger partial charge in [0, 0.05) is 31.9 Å². The molecule has 0 saturated carbocycles. The van der Waals surface area contributed by atoms with Crippen molar-refractivity contribution in [2.75, 3.05) is 38.5 Å². The standard InChI is InChI=1S/C17H25N3S/c1-16-9-17(2,11-19(3)10-16)13-20(12-16)15(21)18-14-7-5-4-6-8-14/h4-8H,9-13H2,1-3H3,(H,18,21)/t16-,17-/m1/s1. The minimum atomic E-state index is 0.336. The minimum absolute atomic E-state index is 0.336. The molecule has 0 aliphatic carbocycles. The lowest BCUT2D eigenvalue weighted by Gasteiger charge is -2.56. The van der Waals surface area contributed by atoms with Crippen LogP contribution >= 0.6 is 12.2 Å². The summed E-state index contributed by atoms with van der Waals surface area (Å²) in [6.45, 7) is 9.22. The lowest BCUT2D eigenvalue weighted by molar-refractivity contribution is -0.0424. The number of thiocarbonyl (C=S) groups is 1. The Morgan fingerprint density at radius 2 is 1.62 bits per heavy atom. The highest BCUT2D eigenvalue weighted by molar-refractivity contribution is 7.80. The molecule has 1 N–H and O–H groups in total. The number of para-hydroxylation sites is 1. The number of benzene rings is 1. The Hall–Kier alpha value is -1.13. The van der Waals surface area contributed by atoms with E-state index >= 15 is 0 Å². The average molecular weight is 303 g/mol. The highest BCUT2D eigenvalue weighted by Gasteiger charge is 2.47. The monoisotopic (exact) mass is 303 g/mol. The number of rotatable bonds is 1. The van der Waals surface area contributed by atoms with E-state index in [0.29, 0.717) is 10.8 Å². The molecule has 0 aromatic heterocycles. The lowest BCUT2D eigenvalue weighted by Crippen LogP contribution is -2.62. The zero-order valence-electron chi connectivity index (χ0n) is 13.2. The van der Waals surface area contributed by atoms with Gasteiger partial charge >= 0.3 is 0 Å². The number of nitrogens with zero attached hydrogens (tertiary/aromatic N) is 2. The van der Waals surface area contributed by atoms with E-state index in [1.165, 1.54) is 6.42 Å². The van der Waals surface area contributed by atoms with Crippen molar-refractivity contribution in [3.8, 4) is 0 Å². The van der Waals surface area contributed by atoms with Gasteiger partial charge in [-0.15, -0.1) is 0 Å². The quantitative estimate of drug-likeness (QED) is 0.803. The van der Waals surface area contributed by atoms with E-state index in [1.54, 1.807) is 0 Å². The van der Waals surface area contributed by atoms with Crippen LogP contribution in [0.2, 0.25) is 0 Å². The highest BCUT2D eigenvalue weighted by atomic mass is 32.1. The van der Waals surface area contributed by atoms with Gasteiger partial charge in [-0.25, -0.2) is 0 Å². The molecule has 2 aliphatic rings. The molecule has 0 spiro atoms. The molecule has 1 aromatic rings. The molecule has 1 aromatic carbocycles. The van der Waals surface area contributed by atoms with Crippen molar-refractivity contribution in [3.05, 3.63) is 30.3 Å². The molecule has 2 bridgehead atoms. The summed E-state index contributed by atoms with van der Waals surface area (Å²) in [6.07, 6.45) is 1.30. The van der Waals surface area contributed by atoms with Gasteiger partial charge in [-0.05, 0) is 48.6 Å². The topological polar surface area (TPSA) is 18.5 Å². The van der Waals surface area contributed by atoms with E-state index < -0.39 is 0 Å². The van der Waals surface area contributed by atoms with Crippen molar-refractivity contribution in [1.29, 1.82) is 0 Å². The second-order valence-electron chi connectivity index (χ2n) is 7.62. The van der Waals surface area contributed by atoms with Crippen molar-refractivity contribution in [3.63, 3.8) is 0 Å². The summed E-state index contributed by atoms with van der Waals surface area (Å²) >= 11 is 5.66. The van der Waals surface area contributed by atoms with Crippen LogP contribution in [0.25, 0.3) is 0 Å². The highest BCUT2D eigenvalue weighted by Crippen LogP contribution is 2.45. The third kappa shape index (κ3) is 3.22. The molecule has 2 atom stereocenters. The van der Waals surface area contributed by atoms with Gasteiger partial charge in [0.05, 0.1) is 0 Å². The zero-order chi connectivity index (χ0) is 15.1. The largest absolute Gasteiger partial charge is 0.348 e. The van der Waals surface area contributed by atoms with Crippen LogP contribution in [0.4, 0.5) is 5.69 Å². The first-order chi connectivity index (χ1) is 9.88. The van der Waals surface area contributed by atoms with Crippen molar-refractivity contribution in [1.82, 2.24) is 9.80 Å².